The second-order valence-corrected chi connectivity index (χ2v) is 1.24. The molecule has 0 aliphatic rings. The first-order chi connectivity index (χ1) is 2.00. The van der Waals surface area contributed by atoms with Crippen LogP contribution in [0.15, 0.2) is 0 Å². The molecule has 0 radical (unpaired) electrons. The maximum Gasteiger partial charge on any atom is 0.435 e. The van der Waals surface area contributed by atoms with Gasteiger partial charge in [0.25, 0.3) is 0 Å². The molecule has 0 heterocycles. The highest BCUT2D eigenvalue weighted by Crippen LogP contribution is 1.74. The molecule has 72 valence electrons. The van der Waals surface area contributed by atoms with Crippen molar-refractivity contribution in [3.05, 3.63) is 0 Å². The minimum absolute atomic E-state index is 0. The lowest BCUT2D eigenvalue weighted by Gasteiger charge is -1.63. The predicted octanol–water partition coefficient (Wildman–Crippen LogP) is 0.521. The molecule has 0 aliphatic carbocycles. The van der Waals surface area contributed by atoms with Gasteiger partial charge in [0.2, 0.25) is 0 Å². The Balaban J connectivity index is -0.00000000800. The summed E-state index contributed by atoms with van der Waals surface area (Å²) >= 11 is 0. The van der Waals surface area contributed by atoms with Crippen molar-refractivity contribution in [2.45, 2.75) is 0 Å². The van der Waals surface area contributed by atoms with Crippen LogP contribution in [0.2, 0.25) is 0 Å². The van der Waals surface area contributed by atoms with Gasteiger partial charge < -0.3 is 0 Å². The van der Waals surface area contributed by atoms with E-state index in [9.17, 15) is 3.89 Å². The number of halogens is 6. The molecule has 0 atom stereocenters. The standard InChI is InChI=1S/FHO3S.5FH/c1-5(2,3)4;;;;;/h(H,2,3,4);5*1H. The van der Waals surface area contributed by atoms with Crippen LogP contribution < -0.4 is 0 Å². The molecule has 3 nitrogen and oxygen atoms in total. The van der Waals surface area contributed by atoms with Crippen LogP contribution in [0.4, 0.5) is 27.4 Å². The van der Waals surface area contributed by atoms with Crippen molar-refractivity contribution in [3.8, 4) is 0 Å². The summed E-state index contributed by atoms with van der Waals surface area (Å²) in [5, 5.41) is 0. The van der Waals surface area contributed by atoms with Crippen LogP contribution >= 0.6 is 0 Å². The third-order valence-electron chi connectivity index (χ3n) is 0. The van der Waals surface area contributed by atoms with Crippen molar-refractivity contribution in [1.82, 2.24) is 0 Å². The van der Waals surface area contributed by atoms with Gasteiger partial charge in [0.15, 0.2) is 0 Å². The molecule has 0 aromatic heterocycles. The third kappa shape index (κ3) is 1210. The van der Waals surface area contributed by atoms with Gasteiger partial charge in [-0.25, -0.2) is 0 Å². The van der Waals surface area contributed by atoms with Crippen molar-refractivity contribution < 1.29 is 40.4 Å². The molecule has 0 saturated heterocycles. The van der Waals surface area contributed by atoms with E-state index >= 15 is 0 Å². The van der Waals surface area contributed by atoms with Crippen molar-refractivity contribution >= 4 is 10.5 Å². The van der Waals surface area contributed by atoms with E-state index in [2.05, 4.69) is 0 Å². The fourth-order valence-corrected chi connectivity index (χ4v) is 0. The zero-order chi connectivity index (χ0) is 4.50. The first-order valence-corrected chi connectivity index (χ1v) is 2.01. The summed E-state index contributed by atoms with van der Waals surface area (Å²) in [4.78, 5) is 0. The fourth-order valence-electron chi connectivity index (χ4n) is 0. The van der Waals surface area contributed by atoms with Crippen LogP contribution in [0.25, 0.3) is 0 Å². The van der Waals surface area contributed by atoms with Crippen LogP contribution in [0.3, 0.4) is 0 Å². The molecular formula is H6F6O3S. The molecule has 0 spiro atoms. The molecule has 0 amide bonds. The van der Waals surface area contributed by atoms with Gasteiger partial charge in [0.05, 0.1) is 0 Å². The molecule has 0 unspecified atom stereocenters. The summed E-state index contributed by atoms with van der Waals surface area (Å²) in [5.74, 6) is 0. The van der Waals surface area contributed by atoms with Crippen molar-refractivity contribution in [1.29, 1.82) is 0 Å². The van der Waals surface area contributed by atoms with Gasteiger partial charge in [0, 0.05) is 0 Å². The zero-order valence-electron chi connectivity index (χ0n) is 4.09. The average molecular weight is 200 g/mol. The average Bonchev–Trinajstić information content (AvgIpc) is 0.722. The quantitative estimate of drug-likeness (QED) is 0.352. The Kier molecular flexibility index (Phi) is 88.7. The highest BCUT2D eigenvalue weighted by atomic mass is 32.3. The van der Waals surface area contributed by atoms with Gasteiger partial charge in [-0.2, -0.15) is 8.42 Å². The SMILES string of the molecule is F.F.F.F.F.O=S(=O)(O)F. The van der Waals surface area contributed by atoms with Gasteiger partial charge in [0.1, 0.15) is 0 Å². The van der Waals surface area contributed by atoms with Crippen molar-refractivity contribution in [2.75, 3.05) is 0 Å². The molecule has 0 rings (SSSR count). The largest absolute Gasteiger partial charge is 0.435 e. The molecule has 0 bridgehead atoms. The maximum atomic E-state index is 10.2. The molecule has 0 aromatic rings. The smallest absolute Gasteiger partial charge is 0.269 e. The fraction of sp³-hybridized carbons (Fsp3) is 0. The Morgan fingerprint density at radius 1 is 0.900 bits per heavy atom. The molecule has 0 fully saturated rings. The van der Waals surface area contributed by atoms with Gasteiger partial charge in [-0.15, -0.1) is 0 Å². The van der Waals surface area contributed by atoms with E-state index in [0.29, 0.717) is 0 Å². The summed E-state index contributed by atoms with van der Waals surface area (Å²) < 4.78 is 34.1. The lowest BCUT2D eigenvalue weighted by atomic mass is 15.9. The molecule has 1 N–H and O–H groups in total. The second kappa shape index (κ2) is 15.8. The Labute approximate surface area is 52.1 Å². The van der Waals surface area contributed by atoms with Gasteiger partial charge >= 0.3 is 10.5 Å². The maximum absolute atomic E-state index is 10.2. The predicted molar refractivity (Wildman–Crippen MR) is 25.2 cm³/mol. The third-order valence-corrected chi connectivity index (χ3v) is 0. The second-order valence-electron chi connectivity index (χ2n) is 0.412. The van der Waals surface area contributed by atoms with Gasteiger partial charge in [-0.05, 0) is 0 Å². The first kappa shape index (κ1) is 56.2. The highest BCUT2D eigenvalue weighted by Gasteiger charge is 1.89. The van der Waals surface area contributed by atoms with Crippen molar-refractivity contribution in [3.63, 3.8) is 0 Å². The molecule has 0 aromatic carbocycles. The Hall–Kier alpha value is -0.510. The van der Waals surface area contributed by atoms with E-state index in [1.807, 2.05) is 0 Å². The van der Waals surface area contributed by atoms with E-state index in [-0.39, 0.29) is 23.5 Å². The summed E-state index contributed by atoms with van der Waals surface area (Å²) in [6, 6.07) is 0. The van der Waals surface area contributed by atoms with Gasteiger partial charge in [-0.3, -0.25) is 28.1 Å². The number of hydrogen-bond acceptors (Lipinski definition) is 2. The zero-order valence-corrected chi connectivity index (χ0v) is 4.91. The van der Waals surface area contributed by atoms with Gasteiger partial charge in [-0.1, -0.05) is 3.89 Å². The molecule has 0 saturated carbocycles. The van der Waals surface area contributed by atoms with Crippen LogP contribution in [-0.2, 0) is 10.5 Å². The van der Waals surface area contributed by atoms with E-state index in [0.717, 1.165) is 0 Å². The van der Waals surface area contributed by atoms with Crippen LogP contribution in [0.5, 0.6) is 0 Å². The van der Waals surface area contributed by atoms with E-state index < -0.39 is 10.5 Å². The normalized spacial score (nSPS) is 5.80. The Morgan fingerprint density at radius 3 is 0.900 bits per heavy atom. The van der Waals surface area contributed by atoms with Crippen LogP contribution in [-0.4, -0.2) is 13.0 Å². The van der Waals surface area contributed by atoms with Crippen LogP contribution in [0.1, 0.15) is 0 Å². The van der Waals surface area contributed by atoms with Crippen molar-refractivity contribution in [2.24, 2.45) is 0 Å². The lowest BCUT2D eigenvalue weighted by molar-refractivity contribution is 0.435. The monoisotopic (exact) mass is 200 g/mol. The first-order valence-electron chi connectivity index (χ1n) is 0.670. The Bertz CT molecular complexity index is 96.2. The molecule has 10 heavy (non-hydrogen) atoms. The van der Waals surface area contributed by atoms with E-state index in [1.54, 1.807) is 0 Å². The summed E-state index contributed by atoms with van der Waals surface area (Å²) in [6.45, 7) is 0. The van der Waals surface area contributed by atoms with E-state index in [1.165, 1.54) is 0 Å². The minimum atomic E-state index is -5.17. The molecule has 10 heteroatoms. The topological polar surface area (TPSA) is 54.4 Å². The van der Waals surface area contributed by atoms with Crippen LogP contribution in [0, 0.1) is 0 Å². The van der Waals surface area contributed by atoms with E-state index in [4.69, 9.17) is 13.0 Å². The number of hydrogen-bond donors (Lipinski definition) is 1. The number of rotatable bonds is 0. The molecular weight excluding hydrogens is 194 g/mol. The Morgan fingerprint density at radius 2 is 0.900 bits per heavy atom. The molecule has 0 aliphatic heterocycles. The highest BCUT2D eigenvalue weighted by molar-refractivity contribution is 7.80. The summed E-state index contributed by atoms with van der Waals surface area (Å²) in [5.41, 5.74) is 0. The lowest BCUT2D eigenvalue weighted by Crippen LogP contribution is -1.80. The minimum Gasteiger partial charge on any atom is -0.269 e. The summed E-state index contributed by atoms with van der Waals surface area (Å²) in [7, 11) is -5.17. The summed E-state index contributed by atoms with van der Waals surface area (Å²) in [6.07, 6.45) is 0.